The lowest BCUT2D eigenvalue weighted by Gasteiger charge is -2.20. The molecule has 5 nitrogen and oxygen atoms in total. The van der Waals surface area contributed by atoms with E-state index in [0.717, 1.165) is 22.0 Å². The zero-order chi connectivity index (χ0) is 15.4. The fraction of sp³-hybridized carbons (Fsp3) is 0.333. The Labute approximate surface area is 129 Å². The first-order valence-corrected chi connectivity index (χ1v) is 7.24. The SMILES string of the molecule is CC(C)c1c(NN)ncnc1NC(C)c1ccc(Cl)cc1. The van der Waals surface area contributed by atoms with Gasteiger partial charge >= 0.3 is 0 Å². The number of rotatable bonds is 5. The molecule has 6 heteroatoms. The van der Waals surface area contributed by atoms with Crippen molar-refractivity contribution in [3.63, 3.8) is 0 Å². The highest BCUT2D eigenvalue weighted by Crippen LogP contribution is 2.30. The van der Waals surface area contributed by atoms with Crippen LogP contribution in [0.2, 0.25) is 5.02 Å². The van der Waals surface area contributed by atoms with E-state index in [-0.39, 0.29) is 12.0 Å². The van der Waals surface area contributed by atoms with Crippen molar-refractivity contribution in [1.82, 2.24) is 9.97 Å². The number of nitrogens with two attached hydrogens (primary N) is 1. The smallest absolute Gasteiger partial charge is 0.148 e. The van der Waals surface area contributed by atoms with Gasteiger partial charge in [-0.25, -0.2) is 15.8 Å². The van der Waals surface area contributed by atoms with E-state index in [1.54, 1.807) is 0 Å². The molecule has 0 spiro atoms. The first kappa shape index (κ1) is 15.5. The number of nitrogen functional groups attached to an aromatic ring is 1. The molecule has 0 aliphatic heterocycles. The van der Waals surface area contributed by atoms with E-state index in [2.05, 4.69) is 41.5 Å². The Morgan fingerprint density at radius 1 is 1.05 bits per heavy atom. The van der Waals surface area contributed by atoms with Crippen LogP contribution >= 0.6 is 11.6 Å². The van der Waals surface area contributed by atoms with Crippen molar-refractivity contribution in [1.29, 1.82) is 0 Å². The Bertz CT molecular complexity index is 598. The summed E-state index contributed by atoms with van der Waals surface area (Å²) in [5.74, 6) is 7.21. The predicted molar refractivity (Wildman–Crippen MR) is 87.4 cm³/mol. The van der Waals surface area contributed by atoms with E-state index in [9.17, 15) is 0 Å². The minimum absolute atomic E-state index is 0.0975. The molecule has 2 rings (SSSR count). The van der Waals surface area contributed by atoms with E-state index < -0.39 is 0 Å². The molecule has 1 unspecified atom stereocenters. The highest BCUT2D eigenvalue weighted by Gasteiger charge is 2.16. The second-order valence-corrected chi connectivity index (χ2v) is 5.64. The molecule has 112 valence electrons. The first-order valence-electron chi connectivity index (χ1n) is 6.86. The van der Waals surface area contributed by atoms with Gasteiger partial charge in [0, 0.05) is 16.6 Å². The summed E-state index contributed by atoms with van der Waals surface area (Å²) in [6, 6.07) is 7.85. The van der Waals surface area contributed by atoms with Gasteiger partial charge in [-0.2, -0.15) is 0 Å². The molecule has 4 N–H and O–H groups in total. The van der Waals surface area contributed by atoms with Crippen molar-refractivity contribution in [2.24, 2.45) is 5.84 Å². The van der Waals surface area contributed by atoms with E-state index in [4.69, 9.17) is 17.4 Å². The van der Waals surface area contributed by atoms with Gasteiger partial charge in [0.25, 0.3) is 0 Å². The van der Waals surface area contributed by atoms with E-state index in [0.29, 0.717) is 5.82 Å². The Kier molecular flexibility index (Phi) is 4.98. The second kappa shape index (κ2) is 6.74. The Morgan fingerprint density at radius 3 is 2.24 bits per heavy atom. The monoisotopic (exact) mass is 305 g/mol. The van der Waals surface area contributed by atoms with Crippen LogP contribution in [0.4, 0.5) is 11.6 Å². The average molecular weight is 306 g/mol. The molecule has 0 aliphatic rings. The predicted octanol–water partition coefficient (Wildman–Crippen LogP) is 3.71. The molecule has 1 heterocycles. The van der Waals surface area contributed by atoms with Gasteiger partial charge in [0.1, 0.15) is 18.0 Å². The van der Waals surface area contributed by atoms with Crippen molar-refractivity contribution in [2.75, 3.05) is 10.7 Å². The molecule has 21 heavy (non-hydrogen) atoms. The average Bonchev–Trinajstić information content (AvgIpc) is 2.47. The van der Waals surface area contributed by atoms with Gasteiger partial charge in [-0.1, -0.05) is 37.6 Å². The summed E-state index contributed by atoms with van der Waals surface area (Å²) in [4.78, 5) is 8.51. The Morgan fingerprint density at radius 2 is 1.67 bits per heavy atom. The van der Waals surface area contributed by atoms with Crippen LogP contribution in [0.3, 0.4) is 0 Å². The van der Waals surface area contributed by atoms with Gasteiger partial charge in [-0.3, -0.25) is 0 Å². The van der Waals surface area contributed by atoms with Gasteiger partial charge in [0.15, 0.2) is 0 Å². The number of halogens is 1. The van der Waals surface area contributed by atoms with E-state index >= 15 is 0 Å². The highest BCUT2D eigenvalue weighted by atomic mass is 35.5. The molecule has 2 aromatic rings. The number of hydrazine groups is 1. The van der Waals surface area contributed by atoms with Crippen LogP contribution in [0.15, 0.2) is 30.6 Å². The lowest BCUT2D eigenvalue weighted by atomic mass is 10.0. The Hall–Kier alpha value is -1.85. The standard InChI is InChI=1S/C15H20ClN5/c1-9(2)13-14(18-8-19-15(13)21-17)20-10(3)11-4-6-12(16)7-5-11/h4-10H,17H2,1-3H3,(H2,18,19,20,21). The van der Waals surface area contributed by atoms with Crippen LogP contribution in [0, 0.1) is 0 Å². The maximum Gasteiger partial charge on any atom is 0.148 e. The first-order chi connectivity index (χ1) is 10.0. The number of benzene rings is 1. The molecule has 0 saturated carbocycles. The van der Waals surface area contributed by atoms with Crippen LogP contribution in [-0.4, -0.2) is 9.97 Å². The van der Waals surface area contributed by atoms with Crippen molar-refractivity contribution in [3.8, 4) is 0 Å². The van der Waals surface area contributed by atoms with Gasteiger partial charge in [-0.15, -0.1) is 0 Å². The molecule has 1 aromatic heterocycles. The minimum Gasteiger partial charge on any atom is -0.363 e. The summed E-state index contributed by atoms with van der Waals surface area (Å²) in [5.41, 5.74) is 4.74. The highest BCUT2D eigenvalue weighted by molar-refractivity contribution is 6.30. The fourth-order valence-electron chi connectivity index (χ4n) is 2.21. The van der Waals surface area contributed by atoms with Gasteiger partial charge in [0.2, 0.25) is 0 Å². The molecule has 1 atom stereocenters. The minimum atomic E-state index is 0.0975. The van der Waals surface area contributed by atoms with Crippen molar-refractivity contribution >= 4 is 23.2 Å². The van der Waals surface area contributed by atoms with Crippen molar-refractivity contribution < 1.29 is 0 Å². The van der Waals surface area contributed by atoms with E-state index in [1.165, 1.54) is 6.33 Å². The van der Waals surface area contributed by atoms with Crippen LogP contribution < -0.4 is 16.6 Å². The molecular formula is C15H20ClN5. The van der Waals surface area contributed by atoms with Crippen LogP contribution in [-0.2, 0) is 0 Å². The third kappa shape index (κ3) is 3.62. The zero-order valence-corrected chi connectivity index (χ0v) is 13.1. The van der Waals surface area contributed by atoms with Gasteiger partial charge < -0.3 is 10.7 Å². The fourth-order valence-corrected chi connectivity index (χ4v) is 2.34. The second-order valence-electron chi connectivity index (χ2n) is 5.20. The van der Waals surface area contributed by atoms with Crippen molar-refractivity contribution in [2.45, 2.75) is 32.7 Å². The summed E-state index contributed by atoms with van der Waals surface area (Å²) in [5, 5.41) is 4.14. The molecule has 1 aromatic carbocycles. The number of nitrogens with one attached hydrogen (secondary N) is 2. The summed E-state index contributed by atoms with van der Waals surface area (Å²) >= 11 is 5.92. The maximum atomic E-state index is 5.92. The lowest BCUT2D eigenvalue weighted by Crippen LogP contribution is -2.16. The summed E-state index contributed by atoms with van der Waals surface area (Å²) in [7, 11) is 0. The molecule has 0 bridgehead atoms. The number of aromatic nitrogens is 2. The third-order valence-corrected chi connectivity index (χ3v) is 3.57. The molecule has 0 radical (unpaired) electrons. The normalized spacial score (nSPS) is 12.3. The summed E-state index contributed by atoms with van der Waals surface area (Å²) < 4.78 is 0. The zero-order valence-electron chi connectivity index (χ0n) is 12.4. The molecule has 0 fully saturated rings. The number of nitrogens with zero attached hydrogens (tertiary/aromatic N) is 2. The molecule has 0 amide bonds. The summed E-state index contributed by atoms with van der Waals surface area (Å²) in [6.45, 7) is 6.24. The number of hydrogen-bond acceptors (Lipinski definition) is 5. The Balaban J connectivity index is 2.28. The molecule has 0 aliphatic carbocycles. The molecule has 0 saturated heterocycles. The number of hydrogen-bond donors (Lipinski definition) is 3. The number of anilines is 2. The summed E-state index contributed by atoms with van der Waals surface area (Å²) in [6.07, 6.45) is 1.50. The van der Waals surface area contributed by atoms with Crippen LogP contribution in [0.1, 0.15) is 43.9 Å². The molecular weight excluding hydrogens is 286 g/mol. The largest absolute Gasteiger partial charge is 0.363 e. The lowest BCUT2D eigenvalue weighted by molar-refractivity contribution is 0.819. The topological polar surface area (TPSA) is 75.9 Å². The van der Waals surface area contributed by atoms with Gasteiger partial charge in [0.05, 0.1) is 0 Å². The van der Waals surface area contributed by atoms with Crippen LogP contribution in [0.5, 0.6) is 0 Å². The third-order valence-electron chi connectivity index (χ3n) is 3.32. The quantitative estimate of drug-likeness (QED) is 0.580. The van der Waals surface area contributed by atoms with Gasteiger partial charge in [-0.05, 0) is 30.5 Å². The maximum absolute atomic E-state index is 5.92. The van der Waals surface area contributed by atoms with Crippen LogP contribution in [0.25, 0.3) is 0 Å². The van der Waals surface area contributed by atoms with Crippen molar-refractivity contribution in [3.05, 3.63) is 46.7 Å². The van der Waals surface area contributed by atoms with E-state index in [1.807, 2.05) is 24.3 Å².